The van der Waals surface area contributed by atoms with Crippen molar-refractivity contribution >= 4 is 16.8 Å². The lowest BCUT2D eigenvalue weighted by atomic mass is 10.1. The van der Waals surface area contributed by atoms with Crippen molar-refractivity contribution in [3.63, 3.8) is 0 Å². The van der Waals surface area contributed by atoms with Crippen LogP contribution in [0.4, 0.5) is 4.39 Å². The summed E-state index contributed by atoms with van der Waals surface area (Å²) in [6.45, 7) is 4.25. The van der Waals surface area contributed by atoms with E-state index in [1.807, 2.05) is 13.8 Å². The molecule has 2 aromatic carbocycles. The van der Waals surface area contributed by atoms with E-state index < -0.39 is 23.1 Å². The van der Waals surface area contributed by atoms with Crippen molar-refractivity contribution in [2.45, 2.75) is 32.7 Å². The van der Waals surface area contributed by atoms with E-state index in [4.69, 9.17) is 0 Å². The van der Waals surface area contributed by atoms with Crippen molar-refractivity contribution in [2.24, 2.45) is 0 Å². The van der Waals surface area contributed by atoms with Crippen LogP contribution in [0.25, 0.3) is 16.6 Å². The molecule has 0 bridgehead atoms. The topological polar surface area (TPSA) is 73.1 Å². The van der Waals surface area contributed by atoms with Gasteiger partial charge in [0.15, 0.2) is 0 Å². The number of fused-ring (bicyclic) bond motifs is 1. The minimum absolute atomic E-state index is 0.250. The van der Waals surface area contributed by atoms with E-state index in [1.165, 1.54) is 28.8 Å². The highest BCUT2D eigenvalue weighted by Crippen LogP contribution is 2.17. The molecule has 3 aromatic rings. The highest BCUT2D eigenvalue weighted by atomic mass is 19.1. The smallest absolute Gasteiger partial charge is 0.336 e. The van der Waals surface area contributed by atoms with E-state index in [0.29, 0.717) is 23.9 Å². The van der Waals surface area contributed by atoms with Crippen LogP contribution in [0.2, 0.25) is 0 Å². The zero-order valence-corrected chi connectivity index (χ0v) is 15.8. The lowest BCUT2D eigenvalue weighted by Gasteiger charge is -2.21. The van der Waals surface area contributed by atoms with Gasteiger partial charge in [-0.1, -0.05) is 26.0 Å². The lowest BCUT2D eigenvalue weighted by Crippen LogP contribution is -2.44. The summed E-state index contributed by atoms with van der Waals surface area (Å²) >= 11 is 0. The van der Waals surface area contributed by atoms with Crippen LogP contribution in [0, 0.1) is 5.82 Å². The molecule has 0 saturated carbocycles. The van der Waals surface area contributed by atoms with Gasteiger partial charge in [0.05, 0.1) is 16.6 Å². The van der Waals surface area contributed by atoms with E-state index in [-0.39, 0.29) is 11.6 Å². The lowest BCUT2D eigenvalue weighted by molar-refractivity contribution is -0.124. The summed E-state index contributed by atoms with van der Waals surface area (Å²) in [5.41, 5.74) is -0.491. The Bertz CT molecular complexity index is 1120. The molecule has 6 nitrogen and oxygen atoms in total. The number of rotatable bonds is 6. The predicted octanol–water partition coefficient (Wildman–Crippen LogP) is 2.77. The Hall–Kier alpha value is -3.22. The number of halogens is 1. The van der Waals surface area contributed by atoms with Gasteiger partial charge in [0, 0.05) is 6.54 Å². The molecule has 0 aliphatic rings. The third kappa shape index (κ3) is 3.47. The fourth-order valence-corrected chi connectivity index (χ4v) is 3.25. The van der Waals surface area contributed by atoms with E-state index in [9.17, 15) is 18.8 Å². The maximum Gasteiger partial charge on any atom is 0.336 e. The molecule has 1 unspecified atom stereocenters. The molecule has 3 rings (SSSR count). The summed E-state index contributed by atoms with van der Waals surface area (Å²) in [5, 5.41) is 3.13. The first-order valence-electron chi connectivity index (χ1n) is 9.29. The Kier molecular flexibility index (Phi) is 5.73. The quantitative estimate of drug-likeness (QED) is 0.711. The van der Waals surface area contributed by atoms with Gasteiger partial charge in [-0.2, -0.15) is 0 Å². The van der Waals surface area contributed by atoms with Crippen LogP contribution in [0.15, 0.2) is 58.1 Å². The number of hydrogen-bond donors (Lipinski definition) is 1. The number of benzene rings is 2. The van der Waals surface area contributed by atoms with Crippen molar-refractivity contribution in [1.82, 2.24) is 14.5 Å². The first kappa shape index (κ1) is 19.5. The number of nitrogens with one attached hydrogen (secondary N) is 1. The molecule has 0 saturated heterocycles. The van der Waals surface area contributed by atoms with Gasteiger partial charge in [-0.3, -0.25) is 14.2 Å². The van der Waals surface area contributed by atoms with Gasteiger partial charge < -0.3 is 5.32 Å². The summed E-state index contributed by atoms with van der Waals surface area (Å²) in [6.07, 6.45) is 1.15. The van der Waals surface area contributed by atoms with Crippen molar-refractivity contribution < 1.29 is 9.18 Å². The van der Waals surface area contributed by atoms with Gasteiger partial charge in [-0.05, 0) is 49.2 Å². The molecular formula is C21H22FN3O3. The second-order valence-electron chi connectivity index (χ2n) is 6.50. The van der Waals surface area contributed by atoms with Crippen LogP contribution >= 0.6 is 0 Å². The molecule has 1 amide bonds. The van der Waals surface area contributed by atoms with Crippen molar-refractivity contribution in [2.75, 3.05) is 6.54 Å². The summed E-state index contributed by atoms with van der Waals surface area (Å²) < 4.78 is 15.7. The third-order valence-corrected chi connectivity index (χ3v) is 4.63. The monoisotopic (exact) mass is 383 g/mol. The molecule has 0 fully saturated rings. The summed E-state index contributed by atoms with van der Waals surface area (Å²) in [5.74, 6) is -0.746. The average molecular weight is 383 g/mol. The summed E-state index contributed by atoms with van der Waals surface area (Å²) in [4.78, 5) is 39.0. The van der Waals surface area contributed by atoms with E-state index in [0.717, 1.165) is 11.0 Å². The maximum absolute atomic E-state index is 13.3. The molecule has 0 spiro atoms. The van der Waals surface area contributed by atoms with E-state index >= 15 is 0 Å². The number of nitrogens with zero attached hydrogens (tertiary/aromatic N) is 2. The first-order chi connectivity index (χ1) is 13.5. The maximum atomic E-state index is 13.3. The molecule has 28 heavy (non-hydrogen) atoms. The van der Waals surface area contributed by atoms with Crippen LogP contribution in [0.1, 0.15) is 32.7 Å². The highest BCUT2D eigenvalue weighted by molar-refractivity contribution is 5.84. The normalized spacial score (nSPS) is 12.1. The fraction of sp³-hybridized carbons (Fsp3) is 0.286. The molecule has 0 radical (unpaired) electrons. The van der Waals surface area contributed by atoms with Crippen molar-refractivity contribution in [1.29, 1.82) is 0 Å². The number of hydrogen-bond acceptors (Lipinski definition) is 3. The SMILES string of the molecule is CCCNC(=O)C(CC)n1c(=O)n(-c2ccc(F)cc2)c(=O)c2ccccc21. The number of aromatic nitrogens is 2. The fourth-order valence-electron chi connectivity index (χ4n) is 3.25. The molecule has 1 aromatic heterocycles. The van der Waals surface area contributed by atoms with Gasteiger partial charge in [0.25, 0.3) is 5.56 Å². The van der Waals surface area contributed by atoms with Crippen LogP contribution in [0.3, 0.4) is 0 Å². The molecule has 1 atom stereocenters. The molecular weight excluding hydrogens is 361 g/mol. The molecule has 0 aliphatic heterocycles. The zero-order chi connectivity index (χ0) is 20.3. The van der Waals surface area contributed by atoms with Crippen LogP contribution in [-0.2, 0) is 4.79 Å². The van der Waals surface area contributed by atoms with Crippen LogP contribution in [-0.4, -0.2) is 21.6 Å². The Morgan fingerprint density at radius 1 is 1.07 bits per heavy atom. The second-order valence-corrected chi connectivity index (χ2v) is 6.50. The third-order valence-electron chi connectivity index (χ3n) is 4.63. The van der Waals surface area contributed by atoms with Crippen LogP contribution in [0.5, 0.6) is 0 Å². The minimum Gasteiger partial charge on any atom is -0.354 e. The molecule has 1 heterocycles. The zero-order valence-electron chi connectivity index (χ0n) is 15.8. The molecule has 0 aliphatic carbocycles. The Morgan fingerprint density at radius 2 is 1.75 bits per heavy atom. The summed E-state index contributed by atoms with van der Waals surface area (Å²) in [6, 6.07) is 11.0. The standard InChI is InChI=1S/C21H22FN3O3/c1-3-13-23-19(26)17(4-2)25-18-8-6-5-7-16(18)20(27)24(21(25)28)15-11-9-14(22)10-12-15/h5-12,17H,3-4,13H2,1-2H3,(H,23,26). The Morgan fingerprint density at radius 3 is 2.39 bits per heavy atom. The Balaban J connectivity index is 2.33. The highest BCUT2D eigenvalue weighted by Gasteiger charge is 2.24. The van der Waals surface area contributed by atoms with Gasteiger partial charge in [-0.15, -0.1) is 0 Å². The number of carbonyl (C=O) groups excluding carboxylic acids is 1. The Labute approximate surface area is 161 Å². The average Bonchev–Trinajstić information content (AvgIpc) is 2.70. The van der Waals surface area contributed by atoms with Crippen LogP contribution < -0.4 is 16.6 Å². The largest absolute Gasteiger partial charge is 0.354 e. The van der Waals surface area contributed by atoms with Gasteiger partial charge in [0.2, 0.25) is 5.91 Å². The first-order valence-corrected chi connectivity index (χ1v) is 9.29. The minimum atomic E-state index is -0.767. The second kappa shape index (κ2) is 8.21. The number of para-hydroxylation sites is 1. The molecule has 1 N–H and O–H groups in total. The molecule has 146 valence electrons. The van der Waals surface area contributed by atoms with Gasteiger partial charge >= 0.3 is 5.69 Å². The number of carbonyl (C=O) groups is 1. The number of amides is 1. The van der Waals surface area contributed by atoms with Crippen molar-refractivity contribution in [3.8, 4) is 5.69 Å². The predicted molar refractivity (Wildman–Crippen MR) is 106 cm³/mol. The summed E-state index contributed by atoms with van der Waals surface area (Å²) in [7, 11) is 0. The van der Waals surface area contributed by atoms with Gasteiger partial charge in [-0.25, -0.2) is 13.8 Å². The van der Waals surface area contributed by atoms with E-state index in [2.05, 4.69) is 5.32 Å². The van der Waals surface area contributed by atoms with Gasteiger partial charge in [0.1, 0.15) is 11.9 Å². The molecule has 7 heteroatoms. The van der Waals surface area contributed by atoms with E-state index in [1.54, 1.807) is 24.3 Å². The van der Waals surface area contributed by atoms with Crippen molar-refractivity contribution in [3.05, 3.63) is 75.2 Å².